The molecule has 0 saturated carbocycles. The highest BCUT2D eigenvalue weighted by Gasteiger charge is 2.37. The third-order valence-electron chi connectivity index (χ3n) is 4.41. The molecule has 0 radical (unpaired) electrons. The largest absolute Gasteiger partial charge is 0.481 e. The molecule has 24 heavy (non-hydrogen) atoms. The number of nitrogens with one attached hydrogen (secondary N) is 1. The molecule has 0 bridgehead atoms. The second-order valence-corrected chi connectivity index (χ2v) is 8.23. The topological polar surface area (TPSA) is 66.4 Å². The maximum atomic E-state index is 12.6. The fourth-order valence-corrected chi connectivity index (χ4v) is 5.14. The van der Waals surface area contributed by atoms with Crippen LogP contribution < -0.4 is 5.32 Å². The number of aliphatic carboxylic acids is 1. The molecule has 2 N–H and O–H groups in total. The number of rotatable bonds is 5. The van der Waals surface area contributed by atoms with Crippen LogP contribution in [-0.4, -0.2) is 29.3 Å². The van der Waals surface area contributed by atoms with Crippen molar-refractivity contribution >= 4 is 35.0 Å². The second-order valence-electron chi connectivity index (χ2n) is 6.02. The summed E-state index contributed by atoms with van der Waals surface area (Å²) in [5, 5.41) is 14.3. The number of carbonyl (C=O) groups excluding carboxylic acids is 1. The number of amides is 1. The Labute approximate surface area is 149 Å². The number of aryl methyl sites for hydroxylation is 1. The van der Waals surface area contributed by atoms with Crippen LogP contribution in [0.2, 0.25) is 0 Å². The van der Waals surface area contributed by atoms with Gasteiger partial charge in [-0.1, -0.05) is 30.3 Å². The maximum Gasteiger partial charge on any atom is 0.315 e. The van der Waals surface area contributed by atoms with Gasteiger partial charge in [0.25, 0.3) is 0 Å². The van der Waals surface area contributed by atoms with E-state index in [2.05, 4.69) is 5.32 Å². The quantitative estimate of drug-likeness (QED) is 0.858. The van der Waals surface area contributed by atoms with Gasteiger partial charge < -0.3 is 10.4 Å². The van der Waals surface area contributed by atoms with E-state index in [1.807, 2.05) is 29.6 Å². The SMILES string of the molecule is CC(CNC(=O)C1SCCc2sccc21)(C(=O)O)c1ccccc1. The van der Waals surface area contributed by atoms with Gasteiger partial charge in [-0.3, -0.25) is 9.59 Å². The molecule has 2 aromatic rings. The Morgan fingerprint density at radius 3 is 2.75 bits per heavy atom. The van der Waals surface area contributed by atoms with Gasteiger partial charge in [0, 0.05) is 11.4 Å². The summed E-state index contributed by atoms with van der Waals surface area (Å²) in [5.74, 6) is -0.134. The van der Waals surface area contributed by atoms with Crippen LogP contribution in [-0.2, 0) is 21.4 Å². The van der Waals surface area contributed by atoms with E-state index in [-0.39, 0.29) is 17.7 Å². The first-order valence-corrected chi connectivity index (χ1v) is 9.70. The van der Waals surface area contributed by atoms with Crippen molar-refractivity contribution in [1.82, 2.24) is 5.32 Å². The van der Waals surface area contributed by atoms with Gasteiger partial charge in [-0.05, 0) is 41.7 Å². The van der Waals surface area contributed by atoms with E-state index in [0.29, 0.717) is 5.56 Å². The Kier molecular flexibility index (Phi) is 4.96. The first kappa shape index (κ1) is 17.0. The highest BCUT2D eigenvalue weighted by atomic mass is 32.2. The maximum absolute atomic E-state index is 12.6. The van der Waals surface area contributed by atoms with Crippen LogP contribution in [0.25, 0.3) is 0 Å². The molecule has 126 valence electrons. The first-order valence-electron chi connectivity index (χ1n) is 7.77. The van der Waals surface area contributed by atoms with E-state index in [1.165, 1.54) is 4.88 Å². The summed E-state index contributed by atoms with van der Waals surface area (Å²) in [6, 6.07) is 11.0. The number of fused-ring (bicyclic) bond motifs is 1. The predicted molar refractivity (Wildman–Crippen MR) is 97.7 cm³/mol. The van der Waals surface area contributed by atoms with Crippen LogP contribution in [0.15, 0.2) is 41.8 Å². The molecule has 4 nitrogen and oxygen atoms in total. The third-order valence-corrected chi connectivity index (χ3v) is 6.65. The lowest BCUT2D eigenvalue weighted by Crippen LogP contribution is -2.45. The minimum absolute atomic E-state index is 0.0711. The summed E-state index contributed by atoms with van der Waals surface area (Å²) in [6.45, 7) is 1.72. The fourth-order valence-electron chi connectivity index (χ4n) is 2.83. The van der Waals surface area contributed by atoms with E-state index in [0.717, 1.165) is 17.7 Å². The zero-order valence-corrected chi connectivity index (χ0v) is 15.0. The van der Waals surface area contributed by atoms with Crippen molar-refractivity contribution in [2.45, 2.75) is 24.0 Å². The number of thiophene rings is 1. The van der Waals surface area contributed by atoms with E-state index < -0.39 is 11.4 Å². The smallest absolute Gasteiger partial charge is 0.315 e. The standard InChI is InChI=1S/C18H19NO3S2/c1-18(17(21)22,12-5-3-2-4-6-12)11-19-16(20)15-13-7-9-23-14(13)8-10-24-15/h2-7,9,15H,8,10-11H2,1H3,(H,19,20)(H,21,22). The summed E-state index contributed by atoms with van der Waals surface area (Å²) in [4.78, 5) is 25.7. The van der Waals surface area contributed by atoms with Crippen molar-refractivity contribution < 1.29 is 14.7 Å². The Morgan fingerprint density at radius 2 is 2.04 bits per heavy atom. The molecule has 0 aliphatic carbocycles. The summed E-state index contributed by atoms with van der Waals surface area (Å²) < 4.78 is 0. The van der Waals surface area contributed by atoms with E-state index >= 15 is 0 Å². The monoisotopic (exact) mass is 361 g/mol. The molecular formula is C18H19NO3S2. The average Bonchev–Trinajstić information content (AvgIpc) is 3.08. The number of thioether (sulfide) groups is 1. The predicted octanol–water partition coefficient (Wildman–Crippen LogP) is 3.24. The van der Waals surface area contributed by atoms with Crippen LogP contribution >= 0.6 is 23.1 Å². The van der Waals surface area contributed by atoms with Crippen molar-refractivity contribution in [1.29, 1.82) is 0 Å². The molecular weight excluding hydrogens is 342 g/mol. The molecule has 1 aliphatic heterocycles. The molecule has 0 spiro atoms. The van der Waals surface area contributed by atoms with Gasteiger partial charge in [-0.25, -0.2) is 0 Å². The minimum atomic E-state index is -1.15. The number of carbonyl (C=O) groups is 2. The van der Waals surface area contributed by atoms with Gasteiger partial charge in [0.15, 0.2) is 0 Å². The van der Waals surface area contributed by atoms with Crippen LogP contribution in [0.1, 0.15) is 28.2 Å². The van der Waals surface area contributed by atoms with Gasteiger partial charge in [-0.2, -0.15) is 0 Å². The average molecular weight is 361 g/mol. The molecule has 0 fully saturated rings. The number of benzene rings is 1. The van der Waals surface area contributed by atoms with E-state index in [1.54, 1.807) is 42.2 Å². The van der Waals surface area contributed by atoms with E-state index in [9.17, 15) is 14.7 Å². The molecule has 2 atom stereocenters. The highest BCUT2D eigenvalue weighted by molar-refractivity contribution is 8.00. The third kappa shape index (κ3) is 3.21. The minimum Gasteiger partial charge on any atom is -0.481 e. The Bertz CT molecular complexity index is 744. The van der Waals surface area contributed by atoms with Crippen LogP contribution in [0, 0.1) is 0 Å². The number of hydrogen-bond donors (Lipinski definition) is 2. The molecule has 1 amide bonds. The second kappa shape index (κ2) is 6.99. The summed E-state index contributed by atoms with van der Waals surface area (Å²) in [6.07, 6.45) is 0.998. The van der Waals surface area contributed by atoms with Gasteiger partial charge in [0.05, 0.1) is 0 Å². The molecule has 3 rings (SSSR count). The molecule has 2 heterocycles. The van der Waals surface area contributed by atoms with Gasteiger partial charge in [0.1, 0.15) is 10.7 Å². The normalized spacial score (nSPS) is 19.1. The van der Waals surface area contributed by atoms with Crippen molar-refractivity contribution in [3.8, 4) is 0 Å². The highest BCUT2D eigenvalue weighted by Crippen LogP contribution is 2.39. The Balaban J connectivity index is 1.75. The molecule has 6 heteroatoms. The number of hydrogen-bond acceptors (Lipinski definition) is 4. The number of carboxylic acids is 1. The lowest BCUT2D eigenvalue weighted by atomic mass is 9.82. The lowest BCUT2D eigenvalue weighted by molar-refractivity contribution is -0.143. The Morgan fingerprint density at radius 1 is 1.29 bits per heavy atom. The van der Waals surface area contributed by atoms with Crippen molar-refractivity contribution in [3.63, 3.8) is 0 Å². The summed E-state index contributed by atoms with van der Waals surface area (Å²) >= 11 is 3.31. The lowest BCUT2D eigenvalue weighted by Gasteiger charge is -2.28. The zero-order valence-electron chi connectivity index (χ0n) is 13.3. The van der Waals surface area contributed by atoms with Gasteiger partial charge in [0.2, 0.25) is 5.91 Å². The fraction of sp³-hybridized carbons (Fsp3) is 0.333. The van der Waals surface area contributed by atoms with Crippen LogP contribution in [0.4, 0.5) is 0 Å². The zero-order chi connectivity index (χ0) is 17.2. The first-order chi connectivity index (χ1) is 11.5. The van der Waals surface area contributed by atoms with Crippen molar-refractivity contribution in [2.24, 2.45) is 0 Å². The van der Waals surface area contributed by atoms with Crippen LogP contribution in [0.5, 0.6) is 0 Å². The van der Waals surface area contributed by atoms with Crippen molar-refractivity contribution in [2.75, 3.05) is 12.3 Å². The molecule has 2 unspecified atom stereocenters. The van der Waals surface area contributed by atoms with Crippen LogP contribution in [0.3, 0.4) is 0 Å². The summed E-state index contributed by atoms with van der Waals surface area (Å²) in [5.41, 5.74) is 0.615. The molecule has 1 aliphatic rings. The molecule has 0 saturated heterocycles. The molecule has 1 aromatic carbocycles. The van der Waals surface area contributed by atoms with Gasteiger partial charge in [-0.15, -0.1) is 23.1 Å². The van der Waals surface area contributed by atoms with E-state index in [4.69, 9.17) is 0 Å². The Hall–Kier alpha value is -1.79. The number of carboxylic acid groups (broad SMARTS) is 1. The van der Waals surface area contributed by atoms with Gasteiger partial charge >= 0.3 is 5.97 Å². The summed E-state index contributed by atoms with van der Waals surface area (Å²) in [7, 11) is 0. The van der Waals surface area contributed by atoms with Crippen molar-refractivity contribution in [3.05, 3.63) is 57.8 Å². The molecule has 1 aromatic heterocycles.